The number of nitrogens with zero attached hydrogens (tertiary/aromatic N) is 1. The Morgan fingerprint density at radius 1 is 1.04 bits per heavy atom. The van der Waals surface area contributed by atoms with Gasteiger partial charge in [0.2, 0.25) is 0 Å². The fourth-order valence-electron chi connectivity index (χ4n) is 0.547. The van der Waals surface area contributed by atoms with Gasteiger partial charge in [0.15, 0.2) is 20.0 Å². The van der Waals surface area contributed by atoms with Crippen molar-refractivity contribution in [2.75, 3.05) is 13.2 Å². The van der Waals surface area contributed by atoms with Crippen molar-refractivity contribution in [2.24, 2.45) is 0 Å². The molecule has 3 N–H and O–H groups in total. The summed E-state index contributed by atoms with van der Waals surface area (Å²) < 4.78 is 114. The minimum atomic E-state index is -6.72. The second-order valence-electron chi connectivity index (χ2n) is 3.49. The van der Waals surface area contributed by atoms with Gasteiger partial charge in [0.05, 0.1) is 13.2 Å². The minimum Gasteiger partial charge on any atom is -0.462 e. The Bertz CT molecular complexity index is 582. The van der Waals surface area contributed by atoms with E-state index in [0.29, 0.717) is 6.61 Å². The van der Waals surface area contributed by atoms with Crippen LogP contribution in [0.4, 0.5) is 26.3 Å². The molecule has 0 aromatic rings. The van der Waals surface area contributed by atoms with E-state index in [2.05, 4.69) is 17.0 Å². The summed E-state index contributed by atoms with van der Waals surface area (Å²) in [6, 6.07) is 0. The summed E-state index contributed by atoms with van der Waals surface area (Å²) in [7, 11) is -13.4. The van der Waals surface area contributed by atoms with Crippen molar-refractivity contribution in [3.63, 3.8) is 0 Å². The Balaban J connectivity index is 0. The molecule has 0 aromatic carbocycles. The Morgan fingerprint density at radius 3 is 1.67 bits per heavy atom. The molecule has 24 heavy (non-hydrogen) atoms. The van der Waals surface area contributed by atoms with E-state index in [4.69, 9.17) is 0 Å². The van der Waals surface area contributed by atoms with Crippen LogP contribution in [-0.2, 0) is 29.6 Å². The van der Waals surface area contributed by atoms with Crippen molar-refractivity contribution in [1.82, 2.24) is 0 Å². The molecular formula is C8H12F6N2O6S2. The van der Waals surface area contributed by atoms with E-state index in [0.717, 1.165) is 23.2 Å². The maximum Gasteiger partial charge on any atom is 0.480 e. The first-order chi connectivity index (χ1) is 10.5. The first-order valence-corrected chi connectivity index (χ1v) is 8.35. The van der Waals surface area contributed by atoms with Gasteiger partial charge >= 0.3 is 17.0 Å². The third-order valence-corrected chi connectivity index (χ3v) is 4.33. The summed E-state index contributed by atoms with van der Waals surface area (Å²) in [4.78, 5) is 10.3. The zero-order valence-corrected chi connectivity index (χ0v) is 13.2. The number of ether oxygens (including phenoxy) is 1. The maximum atomic E-state index is 11.4. The summed E-state index contributed by atoms with van der Waals surface area (Å²) in [5.74, 6) is -0.358. The highest BCUT2D eigenvalue weighted by molar-refractivity contribution is 8.13. The standard InChI is InChI=1S/C6H11NO2.C2F6NO4S2/c1-2-6(8)9-5-3-4-7;3-1(4,5)14(10,11)9-15(12,13)2(6,7)8/h2H,1,3-5,7H2;/q;-1/p+1. The van der Waals surface area contributed by atoms with Gasteiger partial charge < -0.3 is 14.6 Å². The first-order valence-electron chi connectivity index (χ1n) is 5.47. The van der Waals surface area contributed by atoms with Crippen LogP contribution >= 0.6 is 0 Å². The number of alkyl halides is 6. The second-order valence-corrected chi connectivity index (χ2v) is 6.92. The van der Waals surface area contributed by atoms with Crippen LogP contribution < -0.4 is 5.73 Å². The van der Waals surface area contributed by atoms with Gasteiger partial charge in [0, 0.05) is 12.5 Å². The Hall–Kier alpha value is -1.39. The molecule has 0 saturated heterocycles. The molecule has 0 radical (unpaired) electrons. The molecule has 0 saturated carbocycles. The summed E-state index contributed by atoms with van der Waals surface area (Å²) in [5.41, 5.74) is -8.81. The van der Waals surface area contributed by atoms with E-state index >= 15 is 0 Å². The SMILES string of the molecule is C=CC(=O)OCCC[NH3+].O=S(=O)([N-]S(=O)(=O)C(F)(F)F)C(F)(F)F. The third-order valence-electron chi connectivity index (χ3n) is 1.59. The normalized spacial score (nSPS) is 12.8. The molecule has 16 heteroatoms. The number of hydrogen-bond acceptors (Lipinski definition) is 6. The van der Waals surface area contributed by atoms with Crippen LogP contribution in [0.1, 0.15) is 6.42 Å². The average Bonchev–Trinajstić information content (AvgIpc) is 2.35. The van der Waals surface area contributed by atoms with Gasteiger partial charge in [0.25, 0.3) is 0 Å². The predicted molar refractivity (Wildman–Crippen MR) is 66.8 cm³/mol. The summed E-state index contributed by atoms with van der Waals surface area (Å²) in [6.45, 7) is 4.50. The van der Waals surface area contributed by atoms with Crippen LogP contribution in [0.3, 0.4) is 0 Å². The fraction of sp³-hybridized carbons (Fsp3) is 0.625. The van der Waals surface area contributed by atoms with E-state index < -0.39 is 31.1 Å². The van der Waals surface area contributed by atoms with Crippen molar-refractivity contribution in [1.29, 1.82) is 0 Å². The van der Waals surface area contributed by atoms with Gasteiger partial charge in [-0.3, -0.25) is 0 Å². The van der Waals surface area contributed by atoms with Crippen LogP contribution in [0, 0.1) is 0 Å². The minimum absolute atomic E-state index is 0.358. The first kappa shape index (κ1) is 24.9. The quantitative estimate of drug-likeness (QED) is 0.291. The molecule has 0 heterocycles. The van der Waals surface area contributed by atoms with Crippen molar-refractivity contribution in [3.8, 4) is 0 Å². The number of rotatable bonds is 6. The van der Waals surface area contributed by atoms with Crippen molar-refractivity contribution in [3.05, 3.63) is 16.8 Å². The van der Waals surface area contributed by atoms with E-state index in [-0.39, 0.29) is 5.97 Å². The molecule has 0 aromatic heterocycles. The van der Waals surface area contributed by atoms with E-state index in [9.17, 15) is 48.0 Å². The van der Waals surface area contributed by atoms with Gasteiger partial charge in [-0.1, -0.05) is 6.58 Å². The zero-order chi connectivity index (χ0) is 19.8. The molecule has 0 aliphatic carbocycles. The molecule has 0 atom stereocenters. The van der Waals surface area contributed by atoms with Crippen molar-refractivity contribution < 1.29 is 58.4 Å². The lowest BCUT2D eigenvalue weighted by atomic mass is 10.5. The second kappa shape index (κ2) is 9.19. The summed E-state index contributed by atoms with van der Waals surface area (Å²) in [5, 5.41) is 0. The smallest absolute Gasteiger partial charge is 0.462 e. The summed E-state index contributed by atoms with van der Waals surface area (Å²) >= 11 is 0. The van der Waals surface area contributed by atoms with Crippen LogP contribution in [0.15, 0.2) is 12.7 Å². The lowest BCUT2D eigenvalue weighted by Crippen LogP contribution is -2.50. The highest BCUT2D eigenvalue weighted by Gasteiger charge is 2.46. The fourth-order valence-corrected chi connectivity index (χ4v) is 2.26. The number of carbonyl (C=O) groups is 1. The highest BCUT2D eigenvalue weighted by Crippen LogP contribution is 2.36. The Kier molecular flexibility index (Phi) is 9.51. The van der Waals surface area contributed by atoms with Gasteiger partial charge in [-0.25, -0.2) is 21.6 Å². The lowest BCUT2D eigenvalue weighted by molar-refractivity contribution is -0.369. The predicted octanol–water partition coefficient (Wildman–Crippen LogP) is 0.407. The number of sulfonamides is 2. The third kappa shape index (κ3) is 9.04. The molecule has 0 fully saturated rings. The molecule has 8 nitrogen and oxygen atoms in total. The number of hydrogen-bond donors (Lipinski definition) is 1. The van der Waals surface area contributed by atoms with Crippen LogP contribution in [0.5, 0.6) is 0 Å². The summed E-state index contributed by atoms with van der Waals surface area (Å²) in [6.07, 6.45) is 1.97. The van der Waals surface area contributed by atoms with Crippen LogP contribution in [-0.4, -0.2) is 47.0 Å². The molecule has 0 aliphatic heterocycles. The van der Waals surface area contributed by atoms with Crippen molar-refractivity contribution in [2.45, 2.75) is 17.4 Å². The van der Waals surface area contributed by atoms with Crippen LogP contribution in [0.2, 0.25) is 0 Å². The Labute approximate surface area is 132 Å². The molecule has 0 amide bonds. The molecule has 0 unspecified atom stereocenters. The number of quaternary nitrogens is 1. The topological polar surface area (TPSA) is 136 Å². The van der Waals surface area contributed by atoms with Gasteiger partial charge in [-0.15, -0.1) is 0 Å². The van der Waals surface area contributed by atoms with Gasteiger partial charge in [-0.2, -0.15) is 26.3 Å². The zero-order valence-electron chi connectivity index (χ0n) is 11.6. The van der Waals surface area contributed by atoms with E-state index in [1.54, 1.807) is 0 Å². The maximum absolute atomic E-state index is 11.4. The van der Waals surface area contributed by atoms with Crippen LogP contribution in [0.25, 0.3) is 4.13 Å². The molecule has 0 spiro atoms. The molecule has 0 rings (SSSR count). The monoisotopic (exact) mass is 410 g/mol. The number of carbonyl (C=O) groups excluding carboxylic acids is 1. The highest BCUT2D eigenvalue weighted by atomic mass is 32.3. The molecular weight excluding hydrogens is 398 g/mol. The average molecular weight is 410 g/mol. The van der Waals surface area contributed by atoms with Crippen molar-refractivity contribution >= 4 is 26.0 Å². The van der Waals surface area contributed by atoms with Gasteiger partial charge in [-0.05, 0) is 0 Å². The molecule has 144 valence electrons. The molecule has 0 bridgehead atoms. The largest absolute Gasteiger partial charge is 0.480 e. The Morgan fingerprint density at radius 2 is 1.42 bits per heavy atom. The van der Waals surface area contributed by atoms with Gasteiger partial charge in [0.1, 0.15) is 0 Å². The lowest BCUT2D eigenvalue weighted by Gasteiger charge is -2.22. The van der Waals surface area contributed by atoms with E-state index in [1.165, 1.54) is 0 Å². The number of halogens is 6. The number of esters is 1. The molecule has 0 aliphatic rings. The van der Waals surface area contributed by atoms with E-state index in [1.807, 2.05) is 0 Å².